The van der Waals surface area contributed by atoms with E-state index < -0.39 is 23.6 Å². The van der Waals surface area contributed by atoms with Crippen molar-refractivity contribution < 1.29 is 22.4 Å². The summed E-state index contributed by atoms with van der Waals surface area (Å²) < 4.78 is 56.1. The van der Waals surface area contributed by atoms with Gasteiger partial charge in [-0.25, -0.2) is 13.9 Å². The number of amides is 1. The molecule has 0 spiro atoms. The van der Waals surface area contributed by atoms with Gasteiger partial charge in [0.05, 0.1) is 12.7 Å². The Morgan fingerprint density at radius 3 is 2.73 bits per heavy atom. The summed E-state index contributed by atoms with van der Waals surface area (Å²) in [5, 5.41) is 10.5. The number of benzene rings is 1. The van der Waals surface area contributed by atoms with Crippen molar-refractivity contribution in [3.8, 4) is 0 Å². The number of rotatable bonds is 5. The smallest absolute Gasteiger partial charge is 0.304 e. The van der Waals surface area contributed by atoms with Crippen molar-refractivity contribution in [2.75, 3.05) is 5.32 Å². The predicted molar refractivity (Wildman–Crippen MR) is 111 cm³/mol. The lowest BCUT2D eigenvalue weighted by Gasteiger charge is -2.11. The standard InChI is InChI=1S/C21H15ClF4N6O/c22-15-10-31(9-11-2-1-3-13(23)6-11)30-18(15)29-20(33)14-8-27-32-17(21(24,25)26)7-16(12-4-5-12)28-19(14)32/h1-3,6-8,10,12H,4-5,9H2,(H,29,30,33). The van der Waals surface area contributed by atoms with Crippen molar-refractivity contribution >= 4 is 29.0 Å². The summed E-state index contributed by atoms with van der Waals surface area (Å²) in [5.41, 5.74) is -0.419. The zero-order valence-corrected chi connectivity index (χ0v) is 17.5. The van der Waals surface area contributed by atoms with Gasteiger partial charge < -0.3 is 5.32 Å². The topological polar surface area (TPSA) is 77.1 Å². The molecule has 5 rings (SSSR count). The summed E-state index contributed by atoms with van der Waals surface area (Å²) in [6.45, 7) is 0.200. The number of hydrogen-bond donors (Lipinski definition) is 1. The van der Waals surface area contributed by atoms with E-state index >= 15 is 0 Å². The monoisotopic (exact) mass is 478 g/mol. The first-order chi connectivity index (χ1) is 15.7. The fraction of sp³-hybridized carbons (Fsp3) is 0.238. The van der Waals surface area contributed by atoms with E-state index in [2.05, 4.69) is 20.5 Å². The highest BCUT2D eigenvalue weighted by Gasteiger charge is 2.38. The van der Waals surface area contributed by atoms with Crippen LogP contribution in [0.1, 0.15) is 46.1 Å². The maximum Gasteiger partial charge on any atom is 0.433 e. The molecular weight excluding hydrogens is 464 g/mol. The number of halogens is 5. The molecule has 4 aromatic rings. The largest absolute Gasteiger partial charge is 0.433 e. The summed E-state index contributed by atoms with van der Waals surface area (Å²) in [4.78, 5) is 17.1. The number of nitrogens with zero attached hydrogens (tertiary/aromatic N) is 5. The highest BCUT2D eigenvalue weighted by atomic mass is 35.5. The van der Waals surface area contributed by atoms with Crippen molar-refractivity contribution in [2.45, 2.75) is 31.5 Å². The van der Waals surface area contributed by atoms with Crippen LogP contribution in [0, 0.1) is 5.82 Å². The number of anilines is 1. The molecule has 1 amide bonds. The first kappa shape index (κ1) is 21.4. The quantitative estimate of drug-likeness (QED) is 0.413. The Labute approximate surface area is 189 Å². The van der Waals surface area contributed by atoms with Crippen molar-refractivity contribution in [1.82, 2.24) is 24.4 Å². The van der Waals surface area contributed by atoms with Gasteiger partial charge in [0.25, 0.3) is 5.91 Å². The van der Waals surface area contributed by atoms with Crippen LogP contribution in [-0.4, -0.2) is 30.3 Å². The second-order valence-electron chi connectivity index (χ2n) is 7.74. The van der Waals surface area contributed by atoms with Crippen LogP contribution in [0.15, 0.2) is 42.7 Å². The van der Waals surface area contributed by atoms with Crippen molar-refractivity contribution in [1.29, 1.82) is 0 Å². The van der Waals surface area contributed by atoms with E-state index in [-0.39, 0.29) is 40.2 Å². The summed E-state index contributed by atoms with van der Waals surface area (Å²) in [5.74, 6) is -1.21. The number of nitrogens with one attached hydrogen (secondary N) is 1. The van der Waals surface area contributed by atoms with Crippen molar-refractivity contribution in [3.05, 3.63) is 76.1 Å². The van der Waals surface area contributed by atoms with Gasteiger partial charge in [0.2, 0.25) is 0 Å². The van der Waals surface area contributed by atoms with Crippen LogP contribution in [0.2, 0.25) is 5.02 Å². The molecular formula is C21H15ClF4N6O. The minimum absolute atomic E-state index is 0.00631. The average molecular weight is 479 g/mol. The SMILES string of the molecule is O=C(Nc1nn(Cc2cccc(F)c2)cc1Cl)c1cnn2c(C(F)(F)F)cc(C3CC3)nc12. The lowest BCUT2D eigenvalue weighted by molar-refractivity contribution is -0.142. The Morgan fingerprint density at radius 1 is 1.24 bits per heavy atom. The van der Waals surface area contributed by atoms with Gasteiger partial charge in [-0.05, 0) is 36.6 Å². The van der Waals surface area contributed by atoms with E-state index in [1.165, 1.54) is 23.0 Å². The number of alkyl halides is 3. The highest BCUT2D eigenvalue weighted by molar-refractivity contribution is 6.33. The lowest BCUT2D eigenvalue weighted by Crippen LogP contribution is -2.16. The molecule has 1 fully saturated rings. The second-order valence-corrected chi connectivity index (χ2v) is 8.15. The molecule has 33 heavy (non-hydrogen) atoms. The van der Waals surface area contributed by atoms with Gasteiger partial charge in [0.1, 0.15) is 22.1 Å². The molecule has 1 saturated carbocycles. The van der Waals surface area contributed by atoms with Crippen LogP contribution in [0.5, 0.6) is 0 Å². The van der Waals surface area contributed by atoms with Gasteiger partial charge in [-0.1, -0.05) is 23.7 Å². The highest BCUT2D eigenvalue weighted by Crippen LogP contribution is 2.41. The predicted octanol–water partition coefficient (Wildman–Crippen LogP) is 4.92. The molecule has 0 aliphatic heterocycles. The first-order valence-corrected chi connectivity index (χ1v) is 10.3. The van der Waals surface area contributed by atoms with E-state index in [4.69, 9.17) is 11.6 Å². The van der Waals surface area contributed by atoms with E-state index in [0.29, 0.717) is 10.1 Å². The summed E-state index contributed by atoms with van der Waals surface area (Å²) in [6.07, 6.45) is -0.697. The van der Waals surface area contributed by atoms with E-state index in [0.717, 1.165) is 25.1 Å². The Hall–Kier alpha value is -3.47. The maximum absolute atomic E-state index is 13.6. The molecule has 7 nitrogen and oxygen atoms in total. The van der Waals surface area contributed by atoms with Crippen LogP contribution in [-0.2, 0) is 12.7 Å². The third-order valence-electron chi connectivity index (χ3n) is 5.20. The molecule has 3 heterocycles. The van der Waals surface area contributed by atoms with E-state index in [1.807, 2.05) is 0 Å². The minimum atomic E-state index is -4.66. The molecule has 0 unspecified atom stereocenters. The molecule has 0 saturated heterocycles. The fourth-order valence-corrected chi connectivity index (χ4v) is 3.69. The first-order valence-electron chi connectivity index (χ1n) is 9.93. The Morgan fingerprint density at radius 2 is 2.03 bits per heavy atom. The summed E-state index contributed by atoms with van der Waals surface area (Å²) >= 11 is 6.17. The van der Waals surface area contributed by atoms with Gasteiger partial charge in [0.15, 0.2) is 11.5 Å². The van der Waals surface area contributed by atoms with E-state index in [9.17, 15) is 22.4 Å². The number of aromatic nitrogens is 5. The molecule has 1 aromatic carbocycles. The van der Waals surface area contributed by atoms with E-state index in [1.54, 1.807) is 12.1 Å². The number of hydrogen-bond acceptors (Lipinski definition) is 4. The molecule has 1 N–H and O–H groups in total. The number of carbonyl (C=O) groups is 1. The molecule has 3 aromatic heterocycles. The van der Waals surface area contributed by atoms with Crippen LogP contribution in [0.4, 0.5) is 23.4 Å². The van der Waals surface area contributed by atoms with Gasteiger partial charge in [0, 0.05) is 17.8 Å². The van der Waals surface area contributed by atoms with Crippen LogP contribution in [0.25, 0.3) is 5.65 Å². The maximum atomic E-state index is 13.6. The molecule has 12 heteroatoms. The Bertz CT molecular complexity index is 1380. The second kappa shape index (κ2) is 7.84. The van der Waals surface area contributed by atoms with Gasteiger partial charge in [-0.15, -0.1) is 0 Å². The third kappa shape index (κ3) is 4.28. The molecule has 0 radical (unpaired) electrons. The lowest BCUT2D eigenvalue weighted by atomic mass is 10.2. The molecule has 0 atom stereocenters. The van der Waals surface area contributed by atoms with Crippen molar-refractivity contribution in [2.24, 2.45) is 0 Å². The summed E-state index contributed by atoms with van der Waals surface area (Å²) in [7, 11) is 0. The normalized spacial score (nSPS) is 14.1. The molecule has 1 aliphatic rings. The minimum Gasteiger partial charge on any atom is -0.304 e. The Kier molecular flexibility index (Phi) is 5.08. The molecule has 170 valence electrons. The average Bonchev–Trinajstić information content (AvgIpc) is 3.42. The third-order valence-corrected chi connectivity index (χ3v) is 5.48. The molecule has 1 aliphatic carbocycles. The zero-order chi connectivity index (χ0) is 23.3. The van der Waals surface area contributed by atoms with Gasteiger partial charge >= 0.3 is 6.18 Å². The summed E-state index contributed by atoms with van der Waals surface area (Å²) in [6, 6.07) is 6.89. The van der Waals surface area contributed by atoms with Gasteiger partial charge in [-0.2, -0.15) is 23.4 Å². The van der Waals surface area contributed by atoms with Crippen molar-refractivity contribution in [3.63, 3.8) is 0 Å². The number of fused-ring (bicyclic) bond motifs is 1. The zero-order valence-electron chi connectivity index (χ0n) is 16.8. The van der Waals surface area contributed by atoms with Crippen LogP contribution >= 0.6 is 11.6 Å². The number of carbonyl (C=O) groups excluding carboxylic acids is 1. The van der Waals surface area contributed by atoms with Gasteiger partial charge in [-0.3, -0.25) is 9.48 Å². The van der Waals surface area contributed by atoms with Crippen LogP contribution < -0.4 is 5.32 Å². The fourth-order valence-electron chi connectivity index (χ4n) is 3.49. The van der Waals surface area contributed by atoms with Crippen LogP contribution in [0.3, 0.4) is 0 Å². The molecule has 0 bridgehead atoms. The Balaban J connectivity index is 1.44.